The highest BCUT2D eigenvalue weighted by Gasteiger charge is 2.46. The second kappa shape index (κ2) is 8.20. The molecular weight excluding hydrogens is 428 g/mol. The minimum atomic E-state index is -0.341. The van der Waals surface area contributed by atoms with Crippen LogP contribution in [-0.4, -0.2) is 49.0 Å². The molecule has 178 valence electrons. The molecule has 0 amide bonds. The zero-order chi connectivity index (χ0) is 24.1. The van der Waals surface area contributed by atoms with E-state index in [0.29, 0.717) is 28.6 Å². The molecule has 2 bridgehead atoms. The predicted octanol–water partition coefficient (Wildman–Crippen LogP) is 3.50. The Morgan fingerprint density at radius 1 is 1.06 bits per heavy atom. The Morgan fingerprint density at radius 2 is 1.79 bits per heavy atom. The monoisotopic (exact) mass is 460 g/mol. The number of aryl methyl sites for hydroxylation is 1. The Kier molecular flexibility index (Phi) is 5.43. The topological polar surface area (TPSA) is 96.2 Å². The van der Waals surface area contributed by atoms with Crippen LogP contribution < -0.4 is 15.9 Å². The zero-order valence-electron chi connectivity index (χ0n) is 20.2. The van der Waals surface area contributed by atoms with Crippen molar-refractivity contribution >= 4 is 5.82 Å². The summed E-state index contributed by atoms with van der Waals surface area (Å²) in [5, 5.41) is 23.5. The fourth-order valence-corrected chi connectivity index (χ4v) is 5.79. The molecular formula is C26H32N6O2. The van der Waals surface area contributed by atoms with E-state index in [2.05, 4.69) is 46.3 Å². The molecule has 34 heavy (non-hydrogen) atoms. The Balaban J connectivity index is 1.36. The van der Waals surface area contributed by atoms with Crippen LogP contribution in [0.1, 0.15) is 46.0 Å². The minimum absolute atomic E-state index is 0.0717. The summed E-state index contributed by atoms with van der Waals surface area (Å²) in [5.74, 6) is 0.906. The predicted molar refractivity (Wildman–Crippen MR) is 133 cm³/mol. The lowest BCUT2D eigenvalue weighted by atomic mass is 9.69. The molecule has 8 nitrogen and oxygen atoms in total. The summed E-state index contributed by atoms with van der Waals surface area (Å²) in [7, 11) is 3.75. The van der Waals surface area contributed by atoms with Gasteiger partial charge in [0.2, 0.25) is 0 Å². The van der Waals surface area contributed by atoms with Crippen LogP contribution >= 0.6 is 0 Å². The van der Waals surface area contributed by atoms with E-state index in [1.807, 2.05) is 18.2 Å². The van der Waals surface area contributed by atoms with Crippen LogP contribution in [0.5, 0.6) is 5.75 Å². The van der Waals surface area contributed by atoms with Gasteiger partial charge in [-0.15, -0.1) is 10.2 Å². The van der Waals surface area contributed by atoms with E-state index in [0.717, 1.165) is 18.7 Å². The average Bonchev–Trinajstić information content (AvgIpc) is 2.79. The van der Waals surface area contributed by atoms with Gasteiger partial charge >= 0.3 is 5.69 Å². The third-order valence-electron chi connectivity index (χ3n) is 7.54. The molecule has 0 saturated carbocycles. The molecule has 5 rings (SSSR count). The number of anilines is 1. The molecule has 2 saturated heterocycles. The summed E-state index contributed by atoms with van der Waals surface area (Å²) in [6.45, 7) is 4.68. The van der Waals surface area contributed by atoms with E-state index in [9.17, 15) is 9.90 Å². The number of nitrogens with one attached hydrogen (secondary N) is 1. The second-order valence-corrected chi connectivity index (χ2v) is 10.5. The Labute approximate surface area is 199 Å². The number of nitrogens with zero attached hydrogens (tertiary/aromatic N) is 5. The van der Waals surface area contributed by atoms with Crippen molar-refractivity contribution in [3.05, 3.63) is 53.1 Å². The molecule has 2 aliphatic heterocycles. The Hall–Kier alpha value is -3.26. The van der Waals surface area contributed by atoms with Gasteiger partial charge in [-0.2, -0.15) is 4.98 Å². The van der Waals surface area contributed by atoms with Gasteiger partial charge in [0.05, 0.1) is 11.4 Å². The maximum Gasteiger partial charge on any atom is 0.347 e. The molecule has 1 aromatic carbocycles. The fourth-order valence-electron chi connectivity index (χ4n) is 5.79. The van der Waals surface area contributed by atoms with Crippen molar-refractivity contribution in [3.8, 4) is 28.3 Å². The quantitative estimate of drug-likeness (QED) is 0.615. The molecule has 4 heterocycles. The number of fused-ring (bicyclic) bond motifs is 2. The molecule has 2 N–H and O–H groups in total. The summed E-state index contributed by atoms with van der Waals surface area (Å²) < 4.78 is 1.41. The van der Waals surface area contributed by atoms with Crippen LogP contribution in [0.2, 0.25) is 0 Å². The lowest BCUT2D eigenvalue weighted by Crippen LogP contribution is -2.66. The van der Waals surface area contributed by atoms with Crippen LogP contribution in [0.4, 0.5) is 5.82 Å². The first-order valence-electron chi connectivity index (χ1n) is 11.9. The molecule has 0 radical (unpaired) electrons. The lowest BCUT2D eigenvalue weighted by molar-refractivity contribution is 0.0784. The van der Waals surface area contributed by atoms with Crippen LogP contribution in [0.3, 0.4) is 0 Å². The molecule has 2 aliphatic rings. The molecule has 8 heteroatoms. The molecule has 0 spiro atoms. The van der Waals surface area contributed by atoms with Crippen molar-refractivity contribution in [1.82, 2.24) is 25.1 Å². The van der Waals surface area contributed by atoms with Crippen LogP contribution in [0.25, 0.3) is 22.5 Å². The number of piperidine rings is 2. The van der Waals surface area contributed by atoms with E-state index in [4.69, 9.17) is 0 Å². The van der Waals surface area contributed by atoms with Crippen molar-refractivity contribution in [2.75, 3.05) is 11.9 Å². The summed E-state index contributed by atoms with van der Waals surface area (Å²) in [6.07, 6.45) is 7.53. The lowest BCUT2D eigenvalue weighted by Gasteiger charge is -2.55. The van der Waals surface area contributed by atoms with Gasteiger partial charge in [-0.05, 0) is 76.3 Å². The smallest absolute Gasteiger partial charge is 0.347 e. The number of hydrogen-bond acceptors (Lipinski definition) is 7. The molecule has 2 aromatic heterocycles. The van der Waals surface area contributed by atoms with Gasteiger partial charge in [-0.1, -0.05) is 6.07 Å². The van der Waals surface area contributed by atoms with Crippen molar-refractivity contribution in [3.63, 3.8) is 0 Å². The van der Waals surface area contributed by atoms with Crippen LogP contribution in [0.15, 0.2) is 47.4 Å². The SMILES string of the molecule is CN(c1ccc(-c2ccc(-c3ccn(C)c(=O)n3)cc2O)nn1)[C@@H]1C[C@]2(C)CCC[C@](C)(C1)N2. The summed E-state index contributed by atoms with van der Waals surface area (Å²) >= 11 is 0. The number of hydrogen-bond donors (Lipinski definition) is 2. The van der Waals surface area contributed by atoms with Crippen LogP contribution in [0, 0.1) is 0 Å². The average molecular weight is 461 g/mol. The minimum Gasteiger partial charge on any atom is -0.507 e. The van der Waals surface area contributed by atoms with E-state index in [1.165, 1.54) is 23.8 Å². The Morgan fingerprint density at radius 3 is 2.41 bits per heavy atom. The summed E-state index contributed by atoms with van der Waals surface area (Å²) in [6, 6.07) is 11.2. The van der Waals surface area contributed by atoms with E-state index >= 15 is 0 Å². The van der Waals surface area contributed by atoms with Crippen LogP contribution in [-0.2, 0) is 7.05 Å². The molecule has 3 atom stereocenters. The zero-order valence-corrected chi connectivity index (χ0v) is 20.2. The first kappa shape index (κ1) is 22.5. The van der Waals surface area contributed by atoms with Gasteiger partial charge in [0.25, 0.3) is 0 Å². The Bertz CT molecular complexity index is 1260. The maximum absolute atomic E-state index is 11.8. The normalized spacial score (nSPS) is 26.3. The van der Waals surface area contributed by atoms with Crippen molar-refractivity contribution < 1.29 is 5.11 Å². The van der Waals surface area contributed by atoms with Gasteiger partial charge in [0, 0.05) is 48.5 Å². The van der Waals surface area contributed by atoms with Crippen molar-refractivity contribution in [1.29, 1.82) is 0 Å². The highest BCUT2D eigenvalue weighted by molar-refractivity contribution is 5.73. The number of aromatic hydroxyl groups is 1. The number of phenols is 1. The standard InChI is InChI=1S/C26H32N6O2/c1-25-11-5-12-26(2,30-25)16-18(15-25)32(4)23-9-8-21(28-29-23)19-7-6-17(14-22(19)33)20-10-13-31(3)24(34)27-20/h6-10,13-14,18,30,33H,5,11-12,15-16H2,1-4H3/t18-,25+,26-. The largest absolute Gasteiger partial charge is 0.507 e. The third-order valence-corrected chi connectivity index (χ3v) is 7.54. The molecule has 3 aromatic rings. The first-order valence-corrected chi connectivity index (χ1v) is 11.9. The van der Waals surface area contributed by atoms with Gasteiger partial charge < -0.3 is 19.9 Å². The van der Waals surface area contributed by atoms with Gasteiger partial charge in [0.15, 0.2) is 5.82 Å². The summed E-state index contributed by atoms with van der Waals surface area (Å²) in [5.41, 5.74) is 2.37. The number of aromatic nitrogens is 4. The van der Waals surface area contributed by atoms with Gasteiger partial charge in [-0.3, -0.25) is 0 Å². The van der Waals surface area contributed by atoms with Crippen molar-refractivity contribution in [2.45, 2.75) is 63.1 Å². The molecule has 0 aliphatic carbocycles. The van der Waals surface area contributed by atoms with E-state index in [-0.39, 0.29) is 22.5 Å². The highest BCUT2D eigenvalue weighted by atomic mass is 16.3. The van der Waals surface area contributed by atoms with E-state index in [1.54, 1.807) is 31.4 Å². The summed E-state index contributed by atoms with van der Waals surface area (Å²) in [4.78, 5) is 18.1. The maximum atomic E-state index is 11.8. The number of phenolic OH excluding ortho intramolecular Hbond substituents is 1. The third kappa shape index (κ3) is 4.18. The highest BCUT2D eigenvalue weighted by Crippen LogP contribution is 2.42. The van der Waals surface area contributed by atoms with Gasteiger partial charge in [-0.25, -0.2) is 4.79 Å². The number of benzene rings is 1. The second-order valence-electron chi connectivity index (χ2n) is 10.5. The van der Waals surface area contributed by atoms with Gasteiger partial charge in [0.1, 0.15) is 5.75 Å². The molecule has 2 fully saturated rings. The molecule has 0 unspecified atom stereocenters. The van der Waals surface area contributed by atoms with E-state index < -0.39 is 0 Å². The first-order chi connectivity index (χ1) is 16.1. The number of rotatable bonds is 4. The van der Waals surface area contributed by atoms with Crippen molar-refractivity contribution in [2.24, 2.45) is 7.05 Å². The fraction of sp³-hybridized carbons (Fsp3) is 0.462.